The van der Waals surface area contributed by atoms with Gasteiger partial charge in [-0.2, -0.15) is 4.31 Å². The van der Waals surface area contributed by atoms with Gasteiger partial charge in [0, 0.05) is 13.1 Å². The molecule has 0 radical (unpaired) electrons. The van der Waals surface area contributed by atoms with Gasteiger partial charge in [-0.15, -0.1) is 12.4 Å². The number of halogens is 2. The average molecular weight is 309 g/mol. The van der Waals surface area contributed by atoms with Gasteiger partial charge < -0.3 is 5.73 Å². The van der Waals surface area contributed by atoms with Gasteiger partial charge in [-0.1, -0.05) is 0 Å². The zero-order valence-corrected chi connectivity index (χ0v) is 12.1. The summed E-state index contributed by atoms with van der Waals surface area (Å²) < 4.78 is 38.9. The maximum Gasteiger partial charge on any atom is 0.243 e. The Morgan fingerprint density at radius 1 is 1.32 bits per heavy atom. The number of rotatable bonds is 3. The number of hydrogen-bond acceptors (Lipinski definition) is 3. The van der Waals surface area contributed by atoms with Crippen molar-refractivity contribution in [3.63, 3.8) is 0 Å². The first-order valence-electron chi connectivity index (χ1n) is 6.00. The van der Waals surface area contributed by atoms with Crippen molar-refractivity contribution in [2.24, 2.45) is 11.7 Å². The van der Waals surface area contributed by atoms with E-state index < -0.39 is 15.8 Å². The second-order valence-electron chi connectivity index (χ2n) is 4.56. The van der Waals surface area contributed by atoms with Crippen molar-refractivity contribution < 1.29 is 12.8 Å². The molecular weight excluding hydrogens is 291 g/mol. The first-order valence-corrected chi connectivity index (χ1v) is 7.44. The highest BCUT2D eigenvalue weighted by atomic mass is 35.5. The van der Waals surface area contributed by atoms with E-state index in [2.05, 4.69) is 0 Å². The molecule has 0 amide bonds. The molecule has 1 aliphatic rings. The topological polar surface area (TPSA) is 63.4 Å². The summed E-state index contributed by atoms with van der Waals surface area (Å²) in [5.41, 5.74) is 5.60. The van der Waals surface area contributed by atoms with Gasteiger partial charge in [-0.25, -0.2) is 12.8 Å². The molecule has 0 bridgehead atoms. The average Bonchev–Trinajstić information content (AvgIpc) is 2.39. The molecular formula is C12H18ClFN2O2S. The van der Waals surface area contributed by atoms with E-state index in [9.17, 15) is 12.8 Å². The standard InChI is InChI=1S/C12H17FN2O2S.ClH/c13-11-3-5-12(6-4-11)18(16,17)15-7-1-2-10(8-14)9-15;/h3-6,10H,1-2,7-9,14H2;1H. The van der Waals surface area contributed by atoms with Crippen molar-refractivity contribution in [3.05, 3.63) is 30.1 Å². The van der Waals surface area contributed by atoms with E-state index in [1.807, 2.05) is 0 Å². The lowest BCUT2D eigenvalue weighted by molar-refractivity contribution is 0.271. The minimum absolute atomic E-state index is 0. The van der Waals surface area contributed by atoms with E-state index in [-0.39, 0.29) is 23.2 Å². The van der Waals surface area contributed by atoms with Gasteiger partial charge in [0.1, 0.15) is 5.82 Å². The van der Waals surface area contributed by atoms with Crippen LogP contribution in [0.1, 0.15) is 12.8 Å². The smallest absolute Gasteiger partial charge is 0.243 e. The molecule has 0 aromatic heterocycles. The van der Waals surface area contributed by atoms with E-state index in [4.69, 9.17) is 5.73 Å². The molecule has 108 valence electrons. The molecule has 1 atom stereocenters. The van der Waals surface area contributed by atoms with Crippen LogP contribution < -0.4 is 5.73 Å². The number of sulfonamides is 1. The lowest BCUT2D eigenvalue weighted by atomic mass is 10.0. The van der Waals surface area contributed by atoms with Crippen LogP contribution in [0.5, 0.6) is 0 Å². The van der Waals surface area contributed by atoms with Crippen LogP contribution in [0.3, 0.4) is 0 Å². The predicted molar refractivity (Wildman–Crippen MR) is 74.2 cm³/mol. The summed E-state index contributed by atoms with van der Waals surface area (Å²) in [6.45, 7) is 1.46. The lowest BCUT2D eigenvalue weighted by Crippen LogP contribution is -2.41. The van der Waals surface area contributed by atoms with Crippen LogP contribution in [0.4, 0.5) is 4.39 Å². The van der Waals surface area contributed by atoms with Gasteiger partial charge >= 0.3 is 0 Å². The maximum atomic E-state index is 12.8. The highest BCUT2D eigenvalue weighted by Crippen LogP contribution is 2.23. The summed E-state index contributed by atoms with van der Waals surface area (Å²) in [7, 11) is -3.51. The Labute approximate surface area is 119 Å². The molecule has 1 aromatic carbocycles. The van der Waals surface area contributed by atoms with Gasteiger partial charge in [0.25, 0.3) is 0 Å². The van der Waals surface area contributed by atoms with Crippen molar-refractivity contribution in [2.45, 2.75) is 17.7 Å². The first kappa shape index (κ1) is 16.4. The monoisotopic (exact) mass is 308 g/mol. The summed E-state index contributed by atoms with van der Waals surface area (Å²) in [5, 5.41) is 0. The van der Waals surface area contributed by atoms with Crippen LogP contribution in [0, 0.1) is 11.7 Å². The minimum atomic E-state index is -3.51. The second kappa shape index (κ2) is 6.65. The molecule has 0 spiro atoms. The van der Waals surface area contributed by atoms with E-state index in [1.54, 1.807) is 0 Å². The fourth-order valence-electron chi connectivity index (χ4n) is 2.19. The summed E-state index contributed by atoms with van der Waals surface area (Å²) in [6, 6.07) is 4.93. The van der Waals surface area contributed by atoms with Crippen LogP contribution in [0.2, 0.25) is 0 Å². The molecule has 1 fully saturated rings. The Hall–Kier alpha value is -0.690. The zero-order valence-electron chi connectivity index (χ0n) is 10.5. The molecule has 19 heavy (non-hydrogen) atoms. The second-order valence-corrected chi connectivity index (χ2v) is 6.50. The number of nitrogens with zero attached hydrogens (tertiary/aromatic N) is 1. The van der Waals surface area contributed by atoms with Crippen molar-refractivity contribution in [2.75, 3.05) is 19.6 Å². The summed E-state index contributed by atoms with van der Waals surface area (Å²) in [5.74, 6) is -0.221. The van der Waals surface area contributed by atoms with Crippen LogP contribution in [0.25, 0.3) is 0 Å². The number of nitrogens with two attached hydrogens (primary N) is 1. The van der Waals surface area contributed by atoms with E-state index >= 15 is 0 Å². The molecule has 1 aliphatic heterocycles. The summed E-state index contributed by atoms with van der Waals surface area (Å²) >= 11 is 0. The third kappa shape index (κ3) is 3.66. The van der Waals surface area contributed by atoms with Gasteiger partial charge in [0.2, 0.25) is 10.0 Å². The van der Waals surface area contributed by atoms with Gasteiger partial charge in [-0.3, -0.25) is 0 Å². The molecule has 1 heterocycles. The Balaban J connectivity index is 0.00000180. The van der Waals surface area contributed by atoms with Gasteiger partial charge in [-0.05, 0) is 49.6 Å². The van der Waals surface area contributed by atoms with Crippen LogP contribution in [-0.2, 0) is 10.0 Å². The van der Waals surface area contributed by atoms with Crippen LogP contribution >= 0.6 is 12.4 Å². The molecule has 1 unspecified atom stereocenters. The third-order valence-electron chi connectivity index (χ3n) is 3.27. The Kier molecular flexibility index (Phi) is 5.73. The minimum Gasteiger partial charge on any atom is -0.330 e. The molecule has 7 heteroatoms. The first-order chi connectivity index (χ1) is 8.54. The molecule has 1 saturated heterocycles. The Morgan fingerprint density at radius 2 is 1.95 bits per heavy atom. The van der Waals surface area contributed by atoms with Crippen molar-refractivity contribution in [1.82, 2.24) is 4.31 Å². The highest BCUT2D eigenvalue weighted by Gasteiger charge is 2.29. The molecule has 2 rings (SSSR count). The normalized spacial score (nSPS) is 20.8. The van der Waals surface area contributed by atoms with Crippen LogP contribution in [-0.4, -0.2) is 32.4 Å². The highest BCUT2D eigenvalue weighted by molar-refractivity contribution is 7.89. The molecule has 0 saturated carbocycles. The summed E-state index contributed by atoms with van der Waals surface area (Å²) in [6.07, 6.45) is 1.79. The maximum absolute atomic E-state index is 12.8. The summed E-state index contributed by atoms with van der Waals surface area (Å²) in [4.78, 5) is 0.140. The number of benzene rings is 1. The fourth-order valence-corrected chi connectivity index (χ4v) is 3.75. The number of piperidine rings is 1. The fraction of sp³-hybridized carbons (Fsp3) is 0.500. The molecule has 1 aromatic rings. The molecule has 2 N–H and O–H groups in total. The predicted octanol–water partition coefficient (Wildman–Crippen LogP) is 1.61. The Morgan fingerprint density at radius 3 is 2.53 bits per heavy atom. The largest absolute Gasteiger partial charge is 0.330 e. The van der Waals surface area contributed by atoms with Gasteiger partial charge in [0.15, 0.2) is 0 Å². The van der Waals surface area contributed by atoms with Crippen molar-refractivity contribution >= 4 is 22.4 Å². The third-order valence-corrected chi connectivity index (χ3v) is 5.15. The van der Waals surface area contributed by atoms with Crippen molar-refractivity contribution in [1.29, 1.82) is 0 Å². The SMILES string of the molecule is Cl.NCC1CCCN(S(=O)(=O)c2ccc(F)cc2)C1. The zero-order chi connectivity index (χ0) is 13.2. The van der Waals surface area contributed by atoms with Crippen LogP contribution in [0.15, 0.2) is 29.2 Å². The number of hydrogen-bond donors (Lipinski definition) is 1. The Bertz CT molecular complexity index is 507. The van der Waals surface area contributed by atoms with E-state index in [0.717, 1.165) is 25.0 Å². The van der Waals surface area contributed by atoms with Gasteiger partial charge in [0.05, 0.1) is 4.90 Å². The lowest BCUT2D eigenvalue weighted by Gasteiger charge is -2.31. The van der Waals surface area contributed by atoms with E-state index in [1.165, 1.54) is 16.4 Å². The van der Waals surface area contributed by atoms with E-state index in [0.29, 0.717) is 19.6 Å². The molecule has 4 nitrogen and oxygen atoms in total. The van der Waals surface area contributed by atoms with Crippen molar-refractivity contribution in [3.8, 4) is 0 Å². The quantitative estimate of drug-likeness (QED) is 0.922. The molecule has 0 aliphatic carbocycles.